The van der Waals surface area contributed by atoms with E-state index in [2.05, 4.69) is 15.5 Å². The summed E-state index contributed by atoms with van der Waals surface area (Å²) in [4.78, 5) is 37.0. The van der Waals surface area contributed by atoms with Crippen molar-refractivity contribution in [2.45, 2.75) is 6.42 Å². The summed E-state index contributed by atoms with van der Waals surface area (Å²) >= 11 is 0. The number of nitrogens with one attached hydrogen (secondary N) is 2. The van der Waals surface area contributed by atoms with Crippen molar-refractivity contribution in [2.75, 3.05) is 23.9 Å². The van der Waals surface area contributed by atoms with Crippen molar-refractivity contribution in [2.24, 2.45) is 5.92 Å². The van der Waals surface area contributed by atoms with Crippen LogP contribution in [0.5, 0.6) is 5.75 Å². The monoisotopic (exact) mass is 328 g/mol. The maximum Gasteiger partial charge on any atom is 0.264 e. The summed E-state index contributed by atoms with van der Waals surface area (Å²) in [6.45, 7) is 0.292. The van der Waals surface area contributed by atoms with Gasteiger partial charge in [-0.2, -0.15) is 5.10 Å². The molecular formula is C16H16N4O4. The van der Waals surface area contributed by atoms with Gasteiger partial charge >= 0.3 is 0 Å². The molecule has 0 aliphatic carbocycles. The molecule has 2 N–H and O–H groups in total. The van der Waals surface area contributed by atoms with E-state index in [1.54, 1.807) is 36.3 Å². The molecule has 1 saturated heterocycles. The van der Waals surface area contributed by atoms with Crippen LogP contribution in [0.4, 0.5) is 11.5 Å². The largest absolute Gasteiger partial charge is 0.497 e. The fourth-order valence-corrected chi connectivity index (χ4v) is 2.54. The second kappa shape index (κ2) is 6.53. The zero-order chi connectivity index (χ0) is 17.1. The summed E-state index contributed by atoms with van der Waals surface area (Å²) in [6, 6.07) is 9.77. The van der Waals surface area contributed by atoms with Crippen molar-refractivity contribution >= 4 is 23.3 Å². The Labute approximate surface area is 137 Å². The minimum absolute atomic E-state index is 0.116. The number of aromatic amines is 1. The van der Waals surface area contributed by atoms with Crippen molar-refractivity contribution in [3.8, 4) is 5.75 Å². The Morgan fingerprint density at radius 2 is 2.00 bits per heavy atom. The Bertz CT molecular complexity index is 795. The van der Waals surface area contributed by atoms with Gasteiger partial charge in [-0.25, -0.2) is 5.10 Å². The van der Waals surface area contributed by atoms with Crippen LogP contribution in [0.25, 0.3) is 0 Å². The maximum absolute atomic E-state index is 12.3. The molecule has 3 rings (SSSR count). The maximum atomic E-state index is 12.3. The normalized spacial score (nSPS) is 17.0. The van der Waals surface area contributed by atoms with E-state index >= 15 is 0 Å². The highest BCUT2D eigenvalue weighted by Gasteiger charge is 2.35. The molecule has 0 bridgehead atoms. The first-order valence-electron chi connectivity index (χ1n) is 7.38. The van der Waals surface area contributed by atoms with Crippen LogP contribution < -0.4 is 20.5 Å². The third-order valence-corrected chi connectivity index (χ3v) is 3.81. The van der Waals surface area contributed by atoms with Crippen LogP contribution in [0, 0.1) is 5.92 Å². The van der Waals surface area contributed by atoms with Gasteiger partial charge in [0.1, 0.15) is 5.75 Å². The van der Waals surface area contributed by atoms with E-state index in [-0.39, 0.29) is 29.6 Å². The Balaban J connectivity index is 1.68. The number of benzene rings is 1. The Kier molecular flexibility index (Phi) is 4.28. The van der Waals surface area contributed by atoms with E-state index in [0.29, 0.717) is 12.3 Å². The van der Waals surface area contributed by atoms with Crippen molar-refractivity contribution < 1.29 is 14.3 Å². The predicted molar refractivity (Wildman–Crippen MR) is 86.9 cm³/mol. The van der Waals surface area contributed by atoms with E-state index < -0.39 is 5.92 Å². The molecule has 2 heterocycles. The summed E-state index contributed by atoms with van der Waals surface area (Å²) in [6.07, 6.45) is 0.126. The van der Waals surface area contributed by atoms with Gasteiger partial charge in [-0.1, -0.05) is 0 Å². The van der Waals surface area contributed by atoms with Crippen LogP contribution in [0.15, 0.2) is 41.2 Å². The lowest BCUT2D eigenvalue weighted by Gasteiger charge is -2.17. The molecule has 1 aromatic carbocycles. The third kappa shape index (κ3) is 3.27. The number of hydrogen-bond donors (Lipinski definition) is 2. The van der Waals surface area contributed by atoms with Gasteiger partial charge in [0.2, 0.25) is 11.8 Å². The zero-order valence-corrected chi connectivity index (χ0v) is 13.0. The van der Waals surface area contributed by atoms with Crippen molar-refractivity contribution in [3.63, 3.8) is 0 Å². The average Bonchev–Trinajstić information content (AvgIpc) is 2.99. The molecule has 2 aromatic rings. The van der Waals surface area contributed by atoms with E-state index in [9.17, 15) is 14.4 Å². The molecule has 0 spiro atoms. The SMILES string of the molecule is COc1ccc(N2C[C@H](C(=O)Nc3ccc(=O)[nH]n3)CC2=O)cc1. The summed E-state index contributed by atoms with van der Waals surface area (Å²) in [7, 11) is 1.57. The molecule has 8 heteroatoms. The van der Waals surface area contributed by atoms with Crippen LogP contribution in [-0.4, -0.2) is 35.7 Å². The van der Waals surface area contributed by atoms with Gasteiger partial charge in [-0.05, 0) is 30.3 Å². The van der Waals surface area contributed by atoms with Crippen LogP contribution in [0.1, 0.15) is 6.42 Å². The molecule has 1 aliphatic heterocycles. The third-order valence-electron chi connectivity index (χ3n) is 3.81. The standard InChI is InChI=1S/C16H16N4O4/c1-24-12-4-2-11(3-5-12)20-9-10(8-15(20)22)16(23)17-13-6-7-14(21)19-18-13/h2-7,10H,8-9H2,1H3,(H,19,21)(H,17,18,23)/t10-/m1/s1. The van der Waals surface area contributed by atoms with Crippen LogP contribution in [0.2, 0.25) is 0 Å². The highest BCUT2D eigenvalue weighted by atomic mass is 16.5. The van der Waals surface area contributed by atoms with E-state index in [4.69, 9.17) is 4.74 Å². The lowest BCUT2D eigenvalue weighted by atomic mass is 10.1. The molecule has 1 atom stereocenters. The fourth-order valence-electron chi connectivity index (χ4n) is 2.54. The molecule has 0 radical (unpaired) electrons. The Morgan fingerprint density at radius 3 is 2.62 bits per heavy atom. The first kappa shape index (κ1) is 15.7. The number of hydrogen-bond acceptors (Lipinski definition) is 5. The van der Waals surface area contributed by atoms with E-state index in [1.165, 1.54) is 12.1 Å². The first-order valence-corrected chi connectivity index (χ1v) is 7.38. The summed E-state index contributed by atoms with van der Waals surface area (Å²) < 4.78 is 5.09. The molecule has 1 aliphatic rings. The fraction of sp³-hybridized carbons (Fsp3) is 0.250. The average molecular weight is 328 g/mol. The highest BCUT2D eigenvalue weighted by molar-refractivity contribution is 6.03. The molecule has 24 heavy (non-hydrogen) atoms. The number of methoxy groups -OCH3 is 1. The topological polar surface area (TPSA) is 104 Å². The molecule has 0 unspecified atom stereocenters. The van der Waals surface area contributed by atoms with Crippen molar-refractivity contribution in [1.82, 2.24) is 10.2 Å². The number of H-pyrrole nitrogens is 1. The van der Waals surface area contributed by atoms with Crippen LogP contribution in [-0.2, 0) is 9.59 Å². The molecule has 1 aromatic heterocycles. The number of carbonyl (C=O) groups excluding carboxylic acids is 2. The van der Waals surface area contributed by atoms with Gasteiger partial charge in [0.25, 0.3) is 5.56 Å². The number of carbonyl (C=O) groups is 2. The minimum atomic E-state index is -0.478. The first-order chi connectivity index (χ1) is 11.6. The molecular weight excluding hydrogens is 312 g/mol. The van der Waals surface area contributed by atoms with Gasteiger partial charge < -0.3 is 15.0 Å². The lowest BCUT2D eigenvalue weighted by Crippen LogP contribution is -2.28. The van der Waals surface area contributed by atoms with E-state index in [0.717, 1.165) is 5.69 Å². The minimum Gasteiger partial charge on any atom is -0.497 e. The molecule has 124 valence electrons. The van der Waals surface area contributed by atoms with Gasteiger partial charge in [-0.3, -0.25) is 14.4 Å². The smallest absolute Gasteiger partial charge is 0.264 e. The van der Waals surface area contributed by atoms with Crippen LogP contribution in [0.3, 0.4) is 0 Å². The van der Waals surface area contributed by atoms with Crippen molar-refractivity contribution in [1.29, 1.82) is 0 Å². The van der Waals surface area contributed by atoms with Gasteiger partial charge in [0.15, 0.2) is 5.82 Å². The second-order valence-corrected chi connectivity index (χ2v) is 5.40. The predicted octanol–water partition coefficient (Wildman–Crippen LogP) is 0.770. The van der Waals surface area contributed by atoms with Crippen LogP contribution >= 0.6 is 0 Å². The van der Waals surface area contributed by atoms with Gasteiger partial charge in [0, 0.05) is 24.7 Å². The quantitative estimate of drug-likeness (QED) is 0.862. The summed E-state index contributed by atoms with van der Waals surface area (Å²) in [5.41, 5.74) is 0.369. The van der Waals surface area contributed by atoms with Crippen molar-refractivity contribution in [3.05, 3.63) is 46.8 Å². The molecule has 1 fully saturated rings. The van der Waals surface area contributed by atoms with Gasteiger partial charge in [-0.15, -0.1) is 0 Å². The Morgan fingerprint density at radius 1 is 1.25 bits per heavy atom. The summed E-state index contributed by atoms with van der Waals surface area (Å²) in [5.74, 6) is 0.0424. The number of amides is 2. The molecule has 8 nitrogen and oxygen atoms in total. The van der Waals surface area contributed by atoms with E-state index in [1.807, 2.05) is 0 Å². The molecule has 2 amide bonds. The number of nitrogens with zero attached hydrogens (tertiary/aromatic N) is 2. The number of ether oxygens (including phenoxy) is 1. The second-order valence-electron chi connectivity index (χ2n) is 5.40. The molecule has 0 saturated carbocycles. The zero-order valence-electron chi connectivity index (χ0n) is 13.0. The summed E-state index contributed by atoms with van der Waals surface area (Å²) in [5, 5.41) is 8.57. The number of rotatable bonds is 4. The Hall–Kier alpha value is -3.16. The van der Waals surface area contributed by atoms with Gasteiger partial charge in [0.05, 0.1) is 13.0 Å². The number of anilines is 2. The highest BCUT2D eigenvalue weighted by Crippen LogP contribution is 2.27. The number of aromatic nitrogens is 2. The lowest BCUT2D eigenvalue weighted by molar-refractivity contribution is -0.122.